The molecule has 0 saturated heterocycles. The molecule has 1 aromatic rings. The number of nitrogens with zero attached hydrogens (tertiary/aromatic N) is 2. The number of rotatable bonds is 6. The molecule has 5 nitrogen and oxygen atoms in total. The summed E-state index contributed by atoms with van der Waals surface area (Å²) in [6.45, 7) is 2.44. The van der Waals surface area contributed by atoms with Crippen molar-refractivity contribution < 1.29 is 9.53 Å². The van der Waals surface area contributed by atoms with Crippen LogP contribution in [0, 0.1) is 0 Å². The van der Waals surface area contributed by atoms with Crippen LogP contribution in [-0.4, -0.2) is 41.0 Å². The third kappa shape index (κ3) is 4.24. The molecule has 16 heavy (non-hydrogen) atoms. The highest BCUT2D eigenvalue weighted by molar-refractivity contribution is 7.99. The third-order valence-electron chi connectivity index (χ3n) is 1.93. The Morgan fingerprint density at radius 2 is 2.50 bits per heavy atom. The van der Waals surface area contributed by atoms with Crippen LogP contribution in [-0.2, 0) is 16.6 Å². The van der Waals surface area contributed by atoms with E-state index in [0.29, 0.717) is 12.4 Å². The van der Waals surface area contributed by atoms with Gasteiger partial charge in [0.25, 0.3) is 0 Å². The van der Waals surface area contributed by atoms with Gasteiger partial charge in [-0.25, -0.2) is 4.98 Å². The fourth-order valence-electron chi connectivity index (χ4n) is 1.23. The van der Waals surface area contributed by atoms with Gasteiger partial charge >= 0.3 is 0 Å². The Labute approximate surface area is 99.6 Å². The summed E-state index contributed by atoms with van der Waals surface area (Å²) in [5, 5.41) is 3.68. The van der Waals surface area contributed by atoms with E-state index in [9.17, 15) is 4.79 Å². The largest absolute Gasteiger partial charge is 0.383 e. The van der Waals surface area contributed by atoms with Crippen molar-refractivity contribution in [1.29, 1.82) is 0 Å². The lowest BCUT2D eigenvalue weighted by Gasteiger charge is -2.12. The summed E-state index contributed by atoms with van der Waals surface area (Å²) >= 11 is 1.42. The fourth-order valence-corrected chi connectivity index (χ4v) is 1.97. The number of aryl methyl sites for hydroxylation is 1. The molecule has 0 aliphatic carbocycles. The average molecular weight is 243 g/mol. The number of ether oxygens (including phenoxy) is 1. The molecule has 0 saturated carbocycles. The first-order valence-electron chi connectivity index (χ1n) is 5.02. The van der Waals surface area contributed by atoms with Crippen LogP contribution in [0.4, 0.5) is 0 Å². The maximum atomic E-state index is 11.5. The summed E-state index contributed by atoms with van der Waals surface area (Å²) in [7, 11) is 3.52. The lowest BCUT2D eigenvalue weighted by Crippen LogP contribution is -2.36. The van der Waals surface area contributed by atoms with Gasteiger partial charge in [-0.2, -0.15) is 0 Å². The first-order chi connectivity index (χ1) is 7.63. The molecule has 1 aromatic heterocycles. The molecule has 0 spiro atoms. The number of carbonyl (C=O) groups excluding carboxylic acids is 1. The summed E-state index contributed by atoms with van der Waals surface area (Å²) < 4.78 is 6.82. The fraction of sp³-hybridized carbons (Fsp3) is 0.600. The van der Waals surface area contributed by atoms with Crippen LogP contribution < -0.4 is 5.32 Å². The minimum absolute atomic E-state index is 0.00227. The van der Waals surface area contributed by atoms with Crippen LogP contribution in [0.3, 0.4) is 0 Å². The number of thioether (sulfide) groups is 1. The molecule has 0 aromatic carbocycles. The number of aromatic nitrogens is 2. The van der Waals surface area contributed by atoms with Gasteiger partial charge < -0.3 is 14.6 Å². The van der Waals surface area contributed by atoms with E-state index >= 15 is 0 Å². The summed E-state index contributed by atoms with van der Waals surface area (Å²) in [4.78, 5) is 15.6. The second-order valence-corrected chi connectivity index (χ2v) is 4.48. The van der Waals surface area contributed by atoms with Crippen molar-refractivity contribution in [2.45, 2.75) is 18.1 Å². The quantitative estimate of drug-likeness (QED) is 0.746. The Hall–Kier alpha value is -1.01. The van der Waals surface area contributed by atoms with Gasteiger partial charge in [-0.3, -0.25) is 4.79 Å². The molecule has 90 valence electrons. The van der Waals surface area contributed by atoms with Crippen molar-refractivity contribution in [3.8, 4) is 0 Å². The van der Waals surface area contributed by atoms with Gasteiger partial charge in [0.05, 0.1) is 12.4 Å². The second kappa shape index (κ2) is 6.55. The summed E-state index contributed by atoms with van der Waals surface area (Å²) in [5.41, 5.74) is 0. The van der Waals surface area contributed by atoms with Gasteiger partial charge in [-0.05, 0) is 6.92 Å². The molecule has 1 atom stereocenters. The van der Waals surface area contributed by atoms with Gasteiger partial charge in [0, 0.05) is 32.6 Å². The summed E-state index contributed by atoms with van der Waals surface area (Å²) in [6, 6.07) is 0.0412. The molecular formula is C10H17N3O2S. The van der Waals surface area contributed by atoms with E-state index in [1.807, 2.05) is 24.7 Å². The van der Waals surface area contributed by atoms with Gasteiger partial charge in [-0.1, -0.05) is 11.8 Å². The van der Waals surface area contributed by atoms with Crippen LogP contribution >= 0.6 is 11.8 Å². The van der Waals surface area contributed by atoms with Crippen molar-refractivity contribution in [3.05, 3.63) is 12.4 Å². The van der Waals surface area contributed by atoms with Crippen molar-refractivity contribution in [1.82, 2.24) is 14.9 Å². The summed E-state index contributed by atoms with van der Waals surface area (Å²) in [6.07, 6.45) is 3.57. The molecular weight excluding hydrogens is 226 g/mol. The van der Waals surface area contributed by atoms with Gasteiger partial charge in [-0.15, -0.1) is 0 Å². The molecule has 6 heteroatoms. The number of carbonyl (C=O) groups is 1. The molecule has 0 fully saturated rings. The zero-order valence-electron chi connectivity index (χ0n) is 9.77. The highest BCUT2D eigenvalue weighted by Gasteiger charge is 2.08. The van der Waals surface area contributed by atoms with E-state index in [-0.39, 0.29) is 11.9 Å². The Balaban J connectivity index is 2.28. The smallest absolute Gasteiger partial charge is 0.230 e. The Morgan fingerprint density at radius 1 is 1.75 bits per heavy atom. The topological polar surface area (TPSA) is 56.1 Å². The van der Waals surface area contributed by atoms with Crippen molar-refractivity contribution in [3.63, 3.8) is 0 Å². The zero-order valence-corrected chi connectivity index (χ0v) is 10.6. The van der Waals surface area contributed by atoms with Crippen LogP contribution in [0.5, 0.6) is 0 Å². The van der Waals surface area contributed by atoms with Gasteiger partial charge in [0.15, 0.2) is 5.16 Å². The SMILES string of the molecule is COC[C@H](C)NC(=O)CSc1nccn1C. The molecule has 1 amide bonds. The maximum Gasteiger partial charge on any atom is 0.230 e. The maximum absolute atomic E-state index is 11.5. The average Bonchev–Trinajstić information content (AvgIpc) is 2.61. The van der Waals surface area contributed by atoms with E-state index in [0.717, 1.165) is 5.16 Å². The van der Waals surface area contributed by atoms with Gasteiger partial charge in [0.2, 0.25) is 5.91 Å². The normalized spacial score (nSPS) is 12.4. The van der Waals surface area contributed by atoms with E-state index in [4.69, 9.17) is 4.74 Å². The molecule has 1 N–H and O–H groups in total. The van der Waals surface area contributed by atoms with Crippen LogP contribution in [0.2, 0.25) is 0 Å². The number of hydrogen-bond acceptors (Lipinski definition) is 4. The number of methoxy groups -OCH3 is 1. The monoisotopic (exact) mass is 243 g/mol. The van der Waals surface area contributed by atoms with Crippen LogP contribution in [0.25, 0.3) is 0 Å². The Bertz CT molecular complexity index is 341. The van der Waals surface area contributed by atoms with E-state index in [1.165, 1.54) is 11.8 Å². The Morgan fingerprint density at radius 3 is 3.06 bits per heavy atom. The molecule has 0 unspecified atom stereocenters. The highest BCUT2D eigenvalue weighted by atomic mass is 32.2. The molecule has 0 radical (unpaired) electrons. The zero-order chi connectivity index (χ0) is 12.0. The van der Waals surface area contributed by atoms with E-state index < -0.39 is 0 Å². The van der Waals surface area contributed by atoms with Gasteiger partial charge in [0.1, 0.15) is 0 Å². The highest BCUT2D eigenvalue weighted by Crippen LogP contribution is 2.13. The molecule has 0 bridgehead atoms. The minimum Gasteiger partial charge on any atom is -0.383 e. The van der Waals surface area contributed by atoms with Crippen molar-refractivity contribution in [2.75, 3.05) is 19.5 Å². The Kier molecular flexibility index (Phi) is 5.34. The predicted octanol–water partition coefficient (Wildman–Crippen LogP) is 0.663. The number of amides is 1. The van der Waals surface area contributed by atoms with Crippen LogP contribution in [0.1, 0.15) is 6.92 Å². The molecule has 0 aliphatic rings. The van der Waals surface area contributed by atoms with Crippen molar-refractivity contribution in [2.24, 2.45) is 7.05 Å². The molecule has 0 aliphatic heterocycles. The number of imidazole rings is 1. The van der Waals surface area contributed by atoms with Crippen LogP contribution in [0.15, 0.2) is 17.6 Å². The first-order valence-corrected chi connectivity index (χ1v) is 6.00. The lowest BCUT2D eigenvalue weighted by molar-refractivity contribution is -0.119. The number of hydrogen-bond donors (Lipinski definition) is 1. The third-order valence-corrected chi connectivity index (χ3v) is 2.99. The first kappa shape index (κ1) is 13.1. The number of nitrogens with one attached hydrogen (secondary N) is 1. The molecule has 1 heterocycles. The van der Waals surface area contributed by atoms with E-state index in [2.05, 4.69) is 10.3 Å². The minimum atomic E-state index is -0.00227. The standard InChI is InChI=1S/C10H17N3O2S/c1-8(6-15-3)12-9(14)7-16-10-11-4-5-13(10)2/h4-5,8H,6-7H2,1-3H3,(H,12,14)/t8-/m0/s1. The lowest BCUT2D eigenvalue weighted by atomic mass is 10.3. The second-order valence-electron chi connectivity index (χ2n) is 3.53. The summed E-state index contributed by atoms with van der Waals surface area (Å²) in [5.74, 6) is 0.372. The molecule has 1 rings (SSSR count). The van der Waals surface area contributed by atoms with Crippen molar-refractivity contribution >= 4 is 17.7 Å². The van der Waals surface area contributed by atoms with E-state index in [1.54, 1.807) is 13.3 Å². The predicted molar refractivity (Wildman–Crippen MR) is 63.4 cm³/mol.